The average molecular weight is 353 g/mol. The number of likely N-dealkylation sites (tertiary alicyclic amines) is 1. The van der Waals surface area contributed by atoms with Crippen LogP contribution in [0.2, 0.25) is 0 Å². The SMILES string of the molecule is CC(NC(=O)CN1CCCC1C(=O)N(C)C)c1cccc2ccccc12. The van der Waals surface area contributed by atoms with E-state index in [-0.39, 0.29) is 30.4 Å². The Balaban J connectivity index is 1.67. The first-order valence-corrected chi connectivity index (χ1v) is 9.19. The predicted octanol–water partition coefficient (Wildman–Crippen LogP) is 2.57. The van der Waals surface area contributed by atoms with Crippen LogP contribution in [-0.2, 0) is 9.59 Å². The number of amides is 2. The van der Waals surface area contributed by atoms with Crippen molar-refractivity contribution in [2.75, 3.05) is 27.2 Å². The third kappa shape index (κ3) is 3.88. The maximum absolute atomic E-state index is 12.6. The van der Waals surface area contributed by atoms with Crippen LogP contribution in [0, 0.1) is 0 Å². The molecule has 1 N–H and O–H groups in total. The number of fused-ring (bicyclic) bond motifs is 1. The van der Waals surface area contributed by atoms with Crippen molar-refractivity contribution in [1.82, 2.24) is 15.1 Å². The topological polar surface area (TPSA) is 52.7 Å². The van der Waals surface area contributed by atoms with Crippen molar-refractivity contribution in [2.45, 2.75) is 31.8 Å². The molecule has 0 spiro atoms. The maximum atomic E-state index is 12.6. The second kappa shape index (κ2) is 7.87. The molecule has 0 radical (unpaired) electrons. The van der Waals surface area contributed by atoms with E-state index in [0.717, 1.165) is 30.3 Å². The molecule has 0 saturated carbocycles. The average Bonchev–Trinajstić information content (AvgIpc) is 3.08. The highest BCUT2D eigenvalue weighted by molar-refractivity contribution is 5.87. The quantitative estimate of drug-likeness (QED) is 0.899. The summed E-state index contributed by atoms with van der Waals surface area (Å²) in [4.78, 5) is 28.5. The molecule has 1 aliphatic heterocycles. The Kier molecular flexibility index (Phi) is 5.57. The van der Waals surface area contributed by atoms with Crippen molar-refractivity contribution in [2.24, 2.45) is 0 Å². The van der Waals surface area contributed by atoms with Crippen LogP contribution in [0.4, 0.5) is 0 Å². The molecular formula is C21H27N3O2. The third-order valence-electron chi connectivity index (χ3n) is 5.10. The van der Waals surface area contributed by atoms with Crippen molar-refractivity contribution in [3.8, 4) is 0 Å². The lowest BCUT2D eigenvalue weighted by Crippen LogP contribution is -2.46. The smallest absolute Gasteiger partial charge is 0.239 e. The van der Waals surface area contributed by atoms with Gasteiger partial charge in [0.1, 0.15) is 0 Å². The summed E-state index contributed by atoms with van der Waals surface area (Å²) in [6.45, 7) is 3.06. The number of hydrogen-bond acceptors (Lipinski definition) is 3. The monoisotopic (exact) mass is 353 g/mol. The van der Waals surface area contributed by atoms with Gasteiger partial charge in [-0.15, -0.1) is 0 Å². The van der Waals surface area contributed by atoms with Crippen molar-refractivity contribution < 1.29 is 9.59 Å². The van der Waals surface area contributed by atoms with E-state index in [9.17, 15) is 9.59 Å². The number of carbonyl (C=O) groups is 2. The Hall–Kier alpha value is -2.40. The van der Waals surface area contributed by atoms with Crippen LogP contribution in [-0.4, -0.2) is 54.8 Å². The molecule has 26 heavy (non-hydrogen) atoms. The second-order valence-corrected chi connectivity index (χ2v) is 7.22. The number of hydrogen-bond donors (Lipinski definition) is 1. The summed E-state index contributed by atoms with van der Waals surface area (Å²) in [5, 5.41) is 5.42. The zero-order valence-corrected chi connectivity index (χ0v) is 15.7. The van der Waals surface area contributed by atoms with Crippen LogP contribution in [0.15, 0.2) is 42.5 Å². The maximum Gasteiger partial charge on any atom is 0.239 e. The molecule has 2 atom stereocenters. The molecule has 2 unspecified atom stereocenters. The zero-order chi connectivity index (χ0) is 18.7. The molecule has 1 fully saturated rings. The standard InChI is InChI=1S/C21H27N3O2/c1-15(17-11-6-9-16-8-4-5-10-18(16)17)22-20(25)14-24-13-7-12-19(24)21(26)23(2)3/h4-6,8-11,15,19H,7,12-14H2,1-3H3,(H,22,25). The number of benzene rings is 2. The van der Waals surface area contributed by atoms with Gasteiger partial charge >= 0.3 is 0 Å². The Morgan fingerprint density at radius 2 is 1.92 bits per heavy atom. The summed E-state index contributed by atoms with van der Waals surface area (Å²) in [6, 6.07) is 14.1. The lowest BCUT2D eigenvalue weighted by molar-refractivity contribution is -0.134. The van der Waals surface area contributed by atoms with Crippen molar-refractivity contribution in [1.29, 1.82) is 0 Å². The van der Waals surface area contributed by atoms with E-state index >= 15 is 0 Å². The fourth-order valence-electron chi connectivity index (χ4n) is 3.77. The lowest BCUT2D eigenvalue weighted by atomic mass is 10.00. The van der Waals surface area contributed by atoms with E-state index in [2.05, 4.69) is 29.6 Å². The molecule has 0 bridgehead atoms. The van der Waals surface area contributed by atoms with Crippen molar-refractivity contribution >= 4 is 22.6 Å². The van der Waals surface area contributed by atoms with Crippen LogP contribution in [0.5, 0.6) is 0 Å². The highest BCUT2D eigenvalue weighted by Gasteiger charge is 2.32. The number of carbonyl (C=O) groups excluding carboxylic acids is 2. The summed E-state index contributed by atoms with van der Waals surface area (Å²) in [5.74, 6) is 0.0429. The van der Waals surface area contributed by atoms with Gasteiger partial charge in [-0.1, -0.05) is 42.5 Å². The number of nitrogens with one attached hydrogen (secondary N) is 1. The van der Waals surface area contributed by atoms with Crippen molar-refractivity contribution in [3.05, 3.63) is 48.0 Å². The van der Waals surface area contributed by atoms with Crippen LogP contribution >= 0.6 is 0 Å². The Morgan fingerprint density at radius 1 is 1.19 bits per heavy atom. The van der Waals surface area contributed by atoms with Gasteiger partial charge in [-0.3, -0.25) is 14.5 Å². The summed E-state index contributed by atoms with van der Waals surface area (Å²) in [7, 11) is 3.53. The van der Waals surface area contributed by atoms with Gasteiger partial charge < -0.3 is 10.2 Å². The number of rotatable bonds is 5. The molecule has 0 aliphatic carbocycles. The summed E-state index contributed by atoms with van der Waals surface area (Å²) < 4.78 is 0. The normalized spacial score (nSPS) is 18.7. The first-order chi connectivity index (χ1) is 12.5. The fourth-order valence-corrected chi connectivity index (χ4v) is 3.77. The molecule has 0 aromatic heterocycles. The van der Waals surface area contributed by atoms with Gasteiger partial charge in [-0.25, -0.2) is 0 Å². The van der Waals surface area contributed by atoms with Gasteiger partial charge in [0.2, 0.25) is 11.8 Å². The van der Waals surface area contributed by atoms with Gasteiger partial charge in [0.25, 0.3) is 0 Å². The van der Waals surface area contributed by atoms with Gasteiger partial charge in [0.05, 0.1) is 18.6 Å². The molecule has 1 aliphatic rings. The summed E-state index contributed by atoms with van der Waals surface area (Å²) >= 11 is 0. The molecule has 5 nitrogen and oxygen atoms in total. The molecule has 2 amide bonds. The van der Waals surface area contributed by atoms with Crippen LogP contribution < -0.4 is 5.32 Å². The molecule has 2 aromatic rings. The molecule has 1 saturated heterocycles. The minimum atomic E-state index is -0.177. The van der Waals surface area contributed by atoms with E-state index in [1.807, 2.05) is 30.0 Å². The van der Waals surface area contributed by atoms with E-state index in [1.165, 1.54) is 5.39 Å². The molecule has 1 heterocycles. The summed E-state index contributed by atoms with van der Waals surface area (Å²) in [5.41, 5.74) is 1.11. The van der Waals surface area contributed by atoms with Gasteiger partial charge in [-0.05, 0) is 42.6 Å². The Labute approximate surface area is 155 Å². The Morgan fingerprint density at radius 3 is 2.69 bits per heavy atom. The number of likely N-dealkylation sites (N-methyl/N-ethyl adjacent to an activating group) is 1. The summed E-state index contributed by atoms with van der Waals surface area (Å²) in [6.07, 6.45) is 1.78. The minimum Gasteiger partial charge on any atom is -0.348 e. The molecular weight excluding hydrogens is 326 g/mol. The predicted molar refractivity (Wildman–Crippen MR) is 104 cm³/mol. The molecule has 3 rings (SSSR count). The zero-order valence-electron chi connectivity index (χ0n) is 15.7. The highest BCUT2D eigenvalue weighted by Crippen LogP contribution is 2.24. The van der Waals surface area contributed by atoms with Crippen LogP contribution in [0.3, 0.4) is 0 Å². The first kappa shape index (κ1) is 18.4. The van der Waals surface area contributed by atoms with Crippen LogP contribution in [0.1, 0.15) is 31.4 Å². The second-order valence-electron chi connectivity index (χ2n) is 7.22. The largest absolute Gasteiger partial charge is 0.348 e. The van der Waals surface area contributed by atoms with Crippen molar-refractivity contribution in [3.63, 3.8) is 0 Å². The molecule has 138 valence electrons. The first-order valence-electron chi connectivity index (χ1n) is 9.19. The third-order valence-corrected chi connectivity index (χ3v) is 5.10. The van der Waals surface area contributed by atoms with Gasteiger partial charge in [0, 0.05) is 14.1 Å². The Bertz CT molecular complexity index is 797. The fraction of sp³-hybridized carbons (Fsp3) is 0.429. The van der Waals surface area contributed by atoms with Gasteiger partial charge in [0.15, 0.2) is 0 Å². The van der Waals surface area contributed by atoms with E-state index in [0.29, 0.717) is 0 Å². The molecule has 2 aromatic carbocycles. The van der Waals surface area contributed by atoms with Gasteiger partial charge in [-0.2, -0.15) is 0 Å². The highest BCUT2D eigenvalue weighted by atomic mass is 16.2. The van der Waals surface area contributed by atoms with Crippen LogP contribution in [0.25, 0.3) is 10.8 Å². The number of nitrogens with zero attached hydrogens (tertiary/aromatic N) is 2. The van der Waals surface area contributed by atoms with E-state index in [1.54, 1.807) is 19.0 Å². The van der Waals surface area contributed by atoms with E-state index < -0.39 is 0 Å². The lowest BCUT2D eigenvalue weighted by Gasteiger charge is -2.26. The molecule has 5 heteroatoms. The van der Waals surface area contributed by atoms with E-state index in [4.69, 9.17) is 0 Å². The minimum absolute atomic E-state index is 0.0381.